The molecule has 0 aliphatic heterocycles. The van der Waals surface area contributed by atoms with Crippen LogP contribution < -0.4 is 0 Å². The third-order valence-corrected chi connectivity index (χ3v) is 8.54. The van der Waals surface area contributed by atoms with Crippen LogP contribution in [0.5, 0.6) is 0 Å². The summed E-state index contributed by atoms with van der Waals surface area (Å²) in [7, 11) is 0. The quantitative estimate of drug-likeness (QED) is 0.220. The molecule has 0 bridgehead atoms. The molecule has 0 N–H and O–H groups in total. The number of hydrogen-bond acceptors (Lipinski definition) is 2. The van der Waals surface area contributed by atoms with Crippen LogP contribution >= 0.6 is 0 Å². The number of fused-ring (bicyclic) bond motifs is 11. The average molecular weight is 475 g/mol. The van der Waals surface area contributed by atoms with Crippen molar-refractivity contribution in [2.24, 2.45) is 0 Å². The molecule has 2 aliphatic rings. The number of hydrogen-bond donors (Lipinski definition) is 0. The van der Waals surface area contributed by atoms with Crippen molar-refractivity contribution in [3.8, 4) is 22.4 Å². The molecular formula is C35H26N2. The first-order valence-corrected chi connectivity index (χ1v) is 13.0. The molecule has 0 atom stereocenters. The van der Waals surface area contributed by atoms with Gasteiger partial charge in [0.2, 0.25) is 0 Å². The molecule has 2 aromatic heterocycles. The lowest BCUT2D eigenvalue weighted by Crippen LogP contribution is -2.33. The zero-order valence-corrected chi connectivity index (χ0v) is 21.2. The van der Waals surface area contributed by atoms with Crippen molar-refractivity contribution in [2.75, 3.05) is 0 Å². The fourth-order valence-corrected chi connectivity index (χ4v) is 6.94. The second-order valence-corrected chi connectivity index (χ2v) is 11.5. The smallest absolute Gasteiger partial charge is 0.0787 e. The van der Waals surface area contributed by atoms with Gasteiger partial charge in [0.05, 0.1) is 11.1 Å². The molecule has 2 heterocycles. The van der Waals surface area contributed by atoms with Crippen molar-refractivity contribution in [1.29, 1.82) is 0 Å². The predicted octanol–water partition coefficient (Wildman–Crippen LogP) is 8.42. The molecule has 37 heavy (non-hydrogen) atoms. The zero-order chi connectivity index (χ0) is 24.9. The summed E-state index contributed by atoms with van der Waals surface area (Å²) in [6.07, 6.45) is 5.92. The SMILES string of the molecule is CC(C)(C)c1cc2c3c(nccc3c1)-c1ccc3ccncc3c1C21c2ccccc2-c2ccccc21. The Morgan fingerprint density at radius 3 is 2.08 bits per heavy atom. The molecule has 6 aromatic rings. The number of benzene rings is 4. The van der Waals surface area contributed by atoms with E-state index in [0.717, 1.165) is 5.69 Å². The van der Waals surface area contributed by atoms with E-state index in [4.69, 9.17) is 4.98 Å². The second kappa shape index (κ2) is 6.92. The molecule has 8 rings (SSSR count). The van der Waals surface area contributed by atoms with Crippen molar-refractivity contribution < 1.29 is 0 Å². The second-order valence-electron chi connectivity index (χ2n) is 11.5. The number of nitrogens with zero attached hydrogens (tertiary/aromatic N) is 2. The van der Waals surface area contributed by atoms with Crippen LogP contribution in [0.25, 0.3) is 43.9 Å². The third kappa shape index (κ3) is 2.50. The first-order valence-electron chi connectivity index (χ1n) is 13.0. The fourth-order valence-electron chi connectivity index (χ4n) is 6.94. The van der Waals surface area contributed by atoms with E-state index in [1.165, 1.54) is 66.1 Å². The molecule has 176 valence electrons. The average Bonchev–Trinajstić information content (AvgIpc) is 3.21. The Morgan fingerprint density at radius 2 is 1.35 bits per heavy atom. The van der Waals surface area contributed by atoms with Crippen molar-refractivity contribution >= 4 is 21.5 Å². The van der Waals surface area contributed by atoms with E-state index in [0.29, 0.717) is 0 Å². The summed E-state index contributed by atoms with van der Waals surface area (Å²) in [5, 5.41) is 4.91. The summed E-state index contributed by atoms with van der Waals surface area (Å²) in [5.74, 6) is 0. The van der Waals surface area contributed by atoms with Crippen LogP contribution in [-0.2, 0) is 10.8 Å². The van der Waals surface area contributed by atoms with Gasteiger partial charge in [0.15, 0.2) is 0 Å². The first kappa shape index (κ1) is 20.8. The van der Waals surface area contributed by atoms with Gasteiger partial charge in [-0.1, -0.05) is 93.6 Å². The topological polar surface area (TPSA) is 25.8 Å². The minimum atomic E-state index is -0.458. The molecule has 0 saturated heterocycles. The van der Waals surface area contributed by atoms with Gasteiger partial charge in [-0.3, -0.25) is 9.97 Å². The van der Waals surface area contributed by atoms with Crippen molar-refractivity contribution in [2.45, 2.75) is 31.6 Å². The largest absolute Gasteiger partial charge is 0.264 e. The standard InChI is InChI=1S/C35H26N2/c1-34(2,3)23-18-22-15-17-37-33-26-13-12-21-14-16-36-20-27(21)32(26)35(30(19-23)31(22)33)28-10-6-4-8-24(28)25-9-5-7-11-29(25)35/h4-20H,1-3H3. The van der Waals surface area contributed by atoms with Gasteiger partial charge in [-0.2, -0.15) is 0 Å². The van der Waals surface area contributed by atoms with E-state index in [2.05, 4.69) is 117 Å². The summed E-state index contributed by atoms with van der Waals surface area (Å²) < 4.78 is 0. The van der Waals surface area contributed by atoms with E-state index < -0.39 is 5.41 Å². The zero-order valence-electron chi connectivity index (χ0n) is 21.2. The summed E-state index contributed by atoms with van der Waals surface area (Å²) in [6.45, 7) is 6.92. The van der Waals surface area contributed by atoms with E-state index in [1.807, 2.05) is 12.4 Å². The summed E-state index contributed by atoms with van der Waals surface area (Å²) in [5.41, 5.74) is 11.1. The number of pyridine rings is 2. The molecule has 0 radical (unpaired) electrons. The van der Waals surface area contributed by atoms with Gasteiger partial charge >= 0.3 is 0 Å². The van der Waals surface area contributed by atoms with E-state index in [-0.39, 0.29) is 5.41 Å². The van der Waals surface area contributed by atoms with Gasteiger partial charge in [-0.05, 0) is 67.3 Å². The lowest BCUT2D eigenvalue weighted by molar-refractivity contribution is 0.588. The highest BCUT2D eigenvalue weighted by Gasteiger charge is 2.51. The van der Waals surface area contributed by atoms with Crippen LogP contribution in [-0.4, -0.2) is 9.97 Å². The first-order chi connectivity index (χ1) is 18.0. The fraction of sp³-hybridized carbons (Fsp3) is 0.143. The maximum atomic E-state index is 5.02. The highest BCUT2D eigenvalue weighted by atomic mass is 14.7. The summed E-state index contributed by atoms with van der Waals surface area (Å²) >= 11 is 0. The highest BCUT2D eigenvalue weighted by Crippen LogP contribution is 2.62. The minimum Gasteiger partial charge on any atom is -0.264 e. The maximum Gasteiger partial charge on any atom is 0.0787 e. The number of rotatable bonds is 0. The van der Waals surface area contributed by atoms with Crippen molar-refractivity contribution in [3.63, 3.8) is 0 Å². The van der Waals surface area contributed by atoms with Gasteiger partial charge in [0.1, 0.15) is 0 Å². The molecule has 0 amide bonds. The van der Waals surface area contributed by atoms with Crippen molar-refractivity contribution in [3.05, 3.63) is 131 Å². The Balaban J connectivity index is 1.71. The Hall–Kier alpha value is -4.30. The Morgan fingerprint density at radius 1 is 0.649 bits per heavy atom. The minimum absolute atomic E-state index is 0.00748. The van der Waals surface area contributed by atoms with Crippen LogP contribution in [0.1, 0.15) is 48.6 Å². The van der Waals surface area contributed by atoms with Crippen LogP contribution in [0, 0.1) is 0 Å². The van der Waals surface area contributed by atoms with Gasteiger partial charge in [0.25, 0.3) is 0 Å². The molecular weight excluding hydrogens is 448 g/mol. The molecule has 2 nitrogen and oxygen atoms in total. The molecule has 1 spiro atoms. The van der Waals surface area contributed by atoms with Crippen LogP contribution in [0.4, 0.5) is 0 Å². The van der Waals surface area contributed by atoms with Crippen LogP contribution in [0.15, 0.2) is 104 Å². The molecule has 0 saturated carbocycles. The molecule has 0 unspecified atom stereocenters. The van der Waals surface area contributed by atoms with E-state index in [9.17, 15) is 0 Å². The molecule has 4 aromatic carbocycles. The van der Waals surface area contributed by atoms with E-state index in [1.54, 1.807) is 0 Å². The Bertz CT molecular complexity index is 1880. The molecule has 2 heteroatoms. The number of aromatic nitrogens is 2. The normalized spacial score (nSPS) is 14.6. The van der Waals surface area contributed by atoms with Crippen LogP contribution in [0.2, 0.25) is 0 Å². The van der Waals surface area contributed by atoms with Gasteiger partial charge in [-0.25, -0.2) is 0 Å². The lowest BCUT2D eigenvalue weighted by atomic mass is 9.60. The van der Waals surface area contributed by atoms with Gasteiger partial charge in [0, 0.05) is 34.9 Å². The monoisotopic (exact) mass is 474 g/mol. The third-order valence-electron chi connectivity index (χ3n) is 8.54. The van der Waals surface area contributed by atoms with E-state index >= 15 is 0 Å². The predicted molar refractivity (Wildman–Crippen MR) is 152 cm³/mol. The molecule has 2 aliphatic carbocycles. The molecule has 0 fully saturated rings. The van der Waals surface area contributed by atoms with Gasteiger partial charge in [-0.15, -0.1) is 0 Å². The lowest BCUT2D eigenvalue weighted by Gasteiger charge is -2.41. The summed E-state index contributed by atoms with van der Waals surface area (Å²) in [6, 6.07) is 31.6. The highest BCUT2D eigenvalue weighted by molar-refractivity contribution is 6.09. The van der Waals surface area contributed by atoms with Crippen molar-refractivity contribution in [1.82, 2.24) is 9.97 Å². The maximum absolute atomic E-state index is 5.02. The Kier molecular flexibility index (Phi) is 3.90. The summed E-state index contributed by atoms with van der Waals surface area (Å²) in [4.78, 5) is 9.65. The van der Waals surface area contributed by atoms with Gasteiger partial charge < -0.3 is 0 Å². The van der Waals surface area contributed by atoms with Crippen LogP contribution in [0.3, 0.4) is 0 Å². The Labute approximate surface area is 216 Å².